The first-order chi connectivity index (χ1) is 13.0. The Morgan fingerprint density at radius 2 is 1.19 bits per heavy atom. The summed E-state index contributed by atoms with van der Waals surface area (Å²) in [4.78, 5) is 11.6. The highest BCUT2D eigenvalue weighted by molar-refractivity contribution is 5.69. The van der Waals surface area contributed by atoms with Gasteiger partial charge in [-0.05, 0) is 6.42 Å². The molecule has 0 bridgehead atoms. The topological polar surface area (TPSA) is 107 Å². The number of aliphatic hydroxyl groups excluding tert-OH is 4. The van der Waals surface area contributed by atoms with Gasteiger partial charge in [0.05, 0.1) is 6.61 Å². The van der Waals surface area contributed by atoms with Crippen LogP contribution in [0.15, 0.2) is 0 Å². The number of hydrogen-bond donors (Lipinski definition) is 4. The molecule has 6 nitrogen and oxygen atoms in total. The molecule has 0 fully saturated rings. The number of carbonyl (C=O) groups is 1. The van der Waals surface area contributed by atoms with E-state index in [9.17, 15) is 20.1 Å². The summed E-state index contributed by atoms with van der Waals surface area (Å²) < 4.78 is 4.88. The first-order valence-electron chi connectivity index (χ1n) is 10.8. The second-order valence-electron chi connectivity index (χ2n) is 7.48. The molecule has 0 aliphatic carbocycles. The molecule has 162 valence electrons. The highest BCUT2D eigenvalue weighted by Gasteiger charge is 2.25. The smallest absolute Gasteiger partial charge is 0.305 e. The van der Waals surface area contributed by atoms with Crippen LogP contribution in [0.4, 0.5) is 0 Å². The molecule has 0 aliphatic heterocycles. The Morgan fingerprint density at radius 1 is 0.741 bits per heavy atom. The van der Waals surface area contributed by atoms with Crippen LogP contribution in [0.25, 0.3) is 0 Å². The average Bonchev–Trinajstić information content (AvgIpc) is 2.68. The predicted molar refractivity (Wildman–Crippen MR) is 106 cm³/mol. The molecule has 0 unspecified atom stereocenters. The van der Waals surface area contributed by atoms with Crippen molar-refractivity contribution in [3.8, 4) is 0 Å². The van der Waals surface area contributed by atoms with E-state index in [1.54, 1.807) is 0 Å². The van der Waals surface area contributed by atoms with E-state index in [0.29, 0.717) is 6.42 Å². The molecule has 0 amide bonds. The third-order valence-electron chi connectivity index (χ3n) is 4.88. The molecule has 0 spiro atoms. The number of rotatable bonds is 19. The summed E-state index contributed by atoms with van der Waals surface area (Å²) in [7, 11) is 0. The van der Waals surface area contributed by atoms with Crippen molar-refractivity contribution >= 4 is 5.97 Å². The zero-order valence-corrected chi connectivity index (χ0v) is 17.2. The molecule has 4 N–H and O–H groups in total. The van der Waals surface area contributed by atoms with E-state index in [2.05, 4.69) is 6.92 Å². The summed E-state index contributed by atoms with van der Waals surface area (Å²) in [5.74, 6) is -0.414. The summed E-state index contributed by atoms with van der Waals surface area (Å²) in [6.45, 7) is 1.20. The lowest BCUT2D eigenvalue weighted by Gasteiger charge is -2.21. The lowest BCUT2D eigenvalue weighted by atomic mass is 10.0. The highest BCUT2D eigenvalue weighted by Crippen LogP contribution is 2.13. The Bertz CT molecular complexity index is 337. The summed E-state index contributed by atoms with van der Waals surface area (Å²) in [6.07, 6.45) is 12.0. The number of esters is 1. The van der Waals surface area contributed by atoms with Crippen molar-refractivity contribution in [1.29, 1.82) is 0 Å². The fraction of sp³-hybridized carbons (Fsp3) is 0.952. The molecule has 0 heterocycles. The molecule has 3 atom stereocenters. The van der Waals surface area contributed by atoms with Gasteiger partial charge in [-0.15, -0.1) is 0 Å². The fourth-order valence-electron chi connectivity index (χ4n) is 3.00. The van der Waals surface area contributed by atoms with Crippen LogP contribution in [0, 0.1) is 0 Å². The monoisotopic (exact) mass is 390 g/mol. The van der Waals surface area contributed by atoms with Gasteiger partial charge >= 0.3 is 5.97 Å². The van der Waals surface area contributed by atoms with Crippen LogP contribution in [-0.2, 0) is 9.53 Å². The minimum atomic E-state index is -1.53. The van der Waals surface area contributed by atoms with Crippen molar-refractivity contribution in [3.63, 3.8) is 0 Å². The van der Waals surface area contributed by atoms with Crippen molar-refractivity contribution in [2.45, 2.75) is 115 Å². The van der Waals surface area contributed by atoms with Crippen molar-refractivity contribution in [2.24, 2.45) is 0 Å². The third kappa shape index (κ3) is 16.0. The standard InChI is InChI=1S/C21H42O6/c1-2-3-4-5-6-7-8-9-10-11-12-13-14-15-20(25)27-17-19(24)21(26)18(23)16-22/h18-19,21-24,26H,2-17H2,1H3/t18-,19+,21+/m1/s1. The zero-order chi connectivity index (χ0) is 20.3. The Labute approximate surface area is 164 Å². The van der Waals surface area contributed by atoms with E-state index in [1.807, 2.05) is 0 Å². The predicted octanol–water partition coefficient (Wildman–Crippen LogP) is 3.09. The van der Waals surface area contributed by atoms with Crippen LogP contribution in [-0.4, -0.2) is 57.9 Å². The van der Waals surface area contributed by atoms with Gasteiger partial charge in [-0.3, -0.25) is 4.79 Å². The zero-order valence-electron chi connectivity index (χ0n) is 17.2. The van der Waals surface area contributed by atoms with Gasteiger partial charge in [-0.1, -0.05) is 84.0 Å². The lowest BCUT2D eigenvalue weighted by Crippen LogP contribution is -2.42. The molecule has 0 aromatic carbocycles. The number of hydrogen-bond acceptors (Lipinski definition) is 6. The molecule has 0 aliphatic rings. The summed E-state index contributed by atoms with van der Waals surface area (Å²) in [6, 6.07) is 0. The van der Waals surface area contributed by atoms with Crippen LogP contribution in [0.2, 0.25) is 0 Å². The van der Waals surface area contributed by atoms with E-state index in [4.69, 9.17) is 9.84 Å². The van der Waals surface area contributed by atoms with Gasteiger partial charge in [0.25, 0.3) is 0 Å². The van der Waals surface area contributed by atoms with Crippen LogP contribution in [0.5, 0.6) is 0 Å². The largest absolute Gasteiger partial charge is 0.463 e. The SMILES string of the molecule is CCCCCCCCCCCCCCCC(=O)OC[C@H](O)[C@@H](O)[C@H](O)CO. The van der Waals surface area contributed by atoms with E-state index in [1.165, 1.54) is 64.2 Å². The van der Waals surface area contributed by atoms with Crippen molar-refractivity contribution in [1.82, 2.24) is 0 Å². The molecule has 0 saturated carbocycles. The first-order valence-corrected chi connectivity index (χ1v) is 10.8. The molecule has 0 saturated heterocycles. The Balaban J connectivity index is 3.39. The maximum absolute atomic E-state index is 11.6. The fourth-order valence-corrected chi connectivity index (χ4v) is 3.00. The third-order valence-corrected chi connectivity index (χ3v) is 4.88. The second-order valence-corrected chi connectivity index (χ2v) is 7.48. The van der Waals surface area contributed by atoms with Crippen LogP contribution in [0.1, 0.15) is 96.8 Å². The maximum Gasteiger partial charge on any atom is 0.305 e. The second kappa shape index (κ2) is 18.7. The minimum absolute atomic E-state index is 0.295. The number of carbonyl (C=O) groups excluding carboxylic acids is 1. The number of unbranched alkanes of at least 4 members (excludes halogenated alkanes) is 12. The van der Waals surface area contributed by atoms with Gasteiger partial charge in [-0.2, -0.15) is 0 Å². The summed E-state index contributed by atoms with van der Waals surface area (Å²) in [5.41, 5.74) is 0. The highest BCUT2D eigenvalue weighted by atomic mass is 16.5. The van der Waals surface area contributed by atoms with Gasteiger partial charge < -0.3 is 25.2 Å². The van der Waals surface area contributed by atoms with E-state index >= 15 is 0 Å². The Morgan fingerprint density at radius 3 is 1.63 bits per heavy atom. The van der Waals surface area contributed by atoms with Gasteiger partial charge in [0, 0.05) is 6.42 Å². The molecule has 0 radical (unpaired) electrons. The molecule has 0 aromatic heterocycles. The molecular formula is C21H42O6. The van der Waals surface area contributed by atoms with Gasteiger partial charge in [0.2, 0.25) is 0 Å². The molecule has 6 heteroatoms. The number of ether oxygens (including phenoxy) is 1. The number of aliphatic hydroxyl groups is 4. The first kappa shape index (κ1) is 26.3. The van der Waals surface area contributed by atoms with Gasteiger partial charge in [0.1, 0.15) is 24.9 Å². The Hall–Kier alpha value is -0.690. The Kier molecular flexibility index (Phi) is 18.2. The van der Waals surface area contributed by atoms with Crippen LogP contribution in [0.3, 0.4) is 0 Å². The van der Waals surface area contributed by atoms with E-state index in [0.717, 1.165) is 19.3 Å². The van der Waals surface area contributed by atoms with Gasteiger partial charge in [0.15, 0.2) is 0 Å². The quantitative estimate of drug-likeness (QED) is 0.199. The minimum Gasteiger partial charge on any atom is -0.463 e. The van der Waals surface area contributed by atoms with Crippen molar-refractivity contribution in [2.75, 3.05) is 13.2 Å². The molecular weight excluding hydrogens is 348 g/mol. The normalized spacial score (nSPS) is 14.7. The maximum atomic E-state index is 11.6. The van der Waals surface area contributed by atoms with Crippen molar-refractivity contribution < 1.29 is 30.0 Å². The molecule has 27 heavy (non-hydrogen) atoms. The summed E-state index contributed by atoms with van der Waals surface area (Å²) in [5, 5.41) is 36.9. The molecule has 0 aromatic rings. The summed E-state index contributed by atoms with van der Waals surface area (Å²) >= 11 is 0. The molecule has 0 rings (SSSR count). The van der Waals surface area contributed by atoms with E-state index in [-0.39, 0.29) is 6.61 Å². The van der Waals surface area contributed by atoms with Crippen molar-refractivity contribution in [3.05, 3.63) is 0 Å². The lowest BCUT2D eigenvalue weighted by molar-refractivity contribution is -0.152. The van der Waals surface area contributed by atoms with E-state index < -0.39 is 30.9 Å². The van der Waals surface area contributed by atoms with Crippen LogP contribution < -0.4 is 0 Å². The van der Waals surface area contributed by atoms with Gasteiger partial charge in [-0.25, -0.2) is 0 Å². The average molecular weight is 391 g/mol. The van der Waals surface area contributed by atoms with Crippen LogP contribution >= 0.6 is 0 Å².